The average molecular weight is 649 g/mol. The topological polar surface area (TPSA) is 49.4 Å². The van der Waals surface area contributed by atoms with Crippen LogP contribution in [0, 0.1) is 10.1 Å². The van der Waals surface area contributed by atoms with E-state index in [0.717, 1.165) is 30.8 Å². The van der Waals surface area contributed by atoms with E-state index in [4.69, 9.17) is 0 Å². The van der Waals surface area contributed by atoms with Crippen molar-refractivity contribution in [2.75, 3.05) is 18.0 Å². The molecule has 0 bridgehead atoms. The first-order chi connectivity index (χ1) is 23.1. The zero-order valence-corrected chi connectivity index (χ0v) is 30.5. The first-order valence-corrected chi connectivity index (χ1v) is 18.7. The standard InChI is InChI=1S/C43H58N3O2/c1-7-9-11-13-15-19-30-44-37-29-27-34(46(47)48)32-36(37)42(3,4)39(44)24-21-25-40-43(5,6)41-35-23-18-17-22-33(35)26-28-38(41)45(40)31-20-16-14-12-10-8-2/h17-18,21-29,32H,7-16,19-20,30-31H2,1-6H3/q+1. The molecule has 0 aliphatic carbocycles. The van der Waals surface area contributed by atoms with Gasteiger partial charge in [-0.3, -0.25) is 10.1 Å². The van der Waals surface area contributed by atoms with E-state index >= 15 is 0 Å². The summed E-state index contributed by atoms with van der Waals surface area (Å²) in [5.41, 5.74) is 7.12. The second kappa shape index (κ2) is 15.7. The van der Waals surface area contributed by atoms with Gasteiger partial charge in [0.2, 0.25) is 5.69 Å². The predicted molar refractivity (Wildman–Crippen MR) is 204 cm³/mol. The van der Waals surface area contributed by atoms with Crippen molar-refractivity contribution in [3.8, 4) is 0 Å². The van der Waals surface area contributed by atoms with Crippen molar-refractivity contribution < 1.29 is 9.50 Å². The lowest BCUT2D eigenvalue weighted by Crippen LogP contribution is -2.28. The highest BCUT2D eigenvalue weighted by molar-refractivity contribution is 6.07. The highest BCUT2D eigenvalue weighted by atomic mass is 16.6. The van der Waals surface area contributed by atoms with Crippen molar-refractivity contribution in [1.29, 1.82) is 0 Å². The number of unbranched alkanes of at least 4 members (excludes halogenated alkanes) is 10. The summed E-state index contributed by atoms with van der Waals surface area (Å²) in [6.45, 7) is 15.7. The number of benzene rings is 3. The molecule has 2 heterocycles. The lowest BCUT2D eigenvalue weighted by Gasteiger charge is -2.27. The summed E-state index contributed by atoms with van der Waals surface area (Å²) in [5, 5.41) is 14.4. The van der Waals surface area contributed by atoms with Crippen LogP contribution in [0.3, 0.4) is 0 Å². The number of non-ortho nitro benzene ring substituents is 1. The van der Waals surface area contributed by atoms with Gasteiger partial charge in [-0.2, -0.15) is 4.58 Å². The van der Waals surface area contributed by atoms with Gasteiger partial charge in [-0.1, -0.05) is 116 Å². The minimum atomic E-state index is -0.346. The molecule has 0 fully saturated rings. The molecule has 0 unspecified atom stereocenters. The summed E-state index contributed by atoms with van der Waals surface area (Å²) in [6, 6.07) is 18.9. The number of anilines is 1. The van der Waals surface area contributed by atoms with E-state index in [1.165, 1.54) is 104 Å². The molecule has 0 saturated heterocycles. The summed E-state index contributed by atoms with van der Waals surface area (Å²) in [5.74, 6) is 0. The fourth-order valence-corrected chi connectivity index (χ4v) is 8.13. The van der Waals surface area contributed by atoms with Crippen molar-refractivity contribution in [3.05, 3.63) is 99.8 Å². The van der Waals surface area contributed by atoms with Crippen molar-refractivity contribution in [2.24, 2.45) is 0 Å². The number of fused-ring (bicyclic) bond motifs is 4. The van der Waals surface area contributed by atoms with E-state index < -0.39 is 0 Å². The number of hydrogen-bond donors (Lipinski definition) is 0. The van der Waals surface area contributed by atoms with Gasteiger partial charge in [0.1, 0.15) is 6.54 Å². The van der Waals surface area contributed by atoms with Crippen LogP contribution < -0.4 is 4.90 Å². The zero-order valence-electron chi connectivity index (χ0n) is 30.5. The van der Waals surface area contributed by atoms with E-state index in [9.17, 15) is 10.1 Å². The predicted octanol–water partition coefficient (Wildman–Crippen LogP) is 12.1. The van der Waals surface area contributed by atoms with Crippen LogP contribution in [0.4, 0.5) is 17.1 Å². The molecule has 0 aromatic heterocycles. The molecule has 0 saturated carbocycles. The summed E-state index contributed by atoms with van der Waals surface area (Å²) < 4.78 is 2.59. The van der Waals surface area contributed by atoms with Gasteiger partial charge in [-0.25, -0.2) is 0 Å². The molecule has 0 amide bonds. The van der Waals surface area contributed by atoms with Crippen molar-refractivity contribution in [2.45, 2.75) is 129 Å². The van der Waals surface area contributed by atoms with E-state index in [0.29, 0.717) is 0 Å². The lowest BCUT2D eigenvalue weighted by molar-refractivity contribution is -0.438. The Morgan fingerprint density at radius 1 is 0.792 bits per heavy atom. The molecule has 5 rings (SSSR count). The number of allylic oxidation sites excluding steroid dienone is 4. The fourth-order valence-electron chi connectivity index (χ4n) is 8.13. The zero-order chi connectivity index (χ0) is 34.3. The van der Waals surface area contributed by atoms with E-state index in [2.05, 4.69) is 106 Å². The Bertz CT molecular complexity index is 1690. The molecule has 0 radical (unpaired) electrons. The Morgan fingerprint density at radius 3 is 2.17 bits per heavy atom. The first kappa shape index (κ1) is 35.6. The maximum absolute atomic E-state index is 11.8. The molecule has 0 spiro atoms. The molecule has 48 heavy (non-hydrogen) atoms. The van der Waals surface area contributed by atoms with Crippen LogP contribution in [0.2, 0.25) is 0 Å². The Balaban J connectivity index is 1.49. The van der Waals surface area contributed by atoms with E-state index in [-0.39, 0.29) is 21.4 Å². The lowest BCUT2D eigenvalue weighted by atomic mass is 9.79. The van der Waals surface area contributed by atoms with Gasteiger partial charge in [0.15, 0.2) is 5.71 Å². The minimum absolute atomic E-state index is 0.152. The molecule has 0 atom stereocenters. The van der Waals surface area contributed by atoms with Crippen molar-refractivity contribution in [1.82, 2.24) is 0 Å². The third kappa shape index (κ3) is 7.31. The van der Waals surface area contributed by atoms with Gasteiger partial charge >= 0.3 is 0 Å². The largest absolute Gasteiger partial charge is 0.344 e. The van der Waals surface area contributed by atoms with Gasteiger partial charge in [0, 0.05) is 59.6 Å². The first-order valence-electron chi connectivity index (χ1n) is 18.7. The molecular weight excluding hydrogens is 590 g/mol. The van der Waals surface area contributed by atoms with Crippen LogP contribution in [0.1, 0.15) is 130 Å². The molecule has 3 aromatic carbocycles. The highest BCUT2D eigenvalue weighted by Gasteiger charge is 2.45. The molecule has 3 aromatic rings. The summed E-state index contributed by atoms with van der Waals surface area (Å²) in [6.07, 6.45) is 21.9. The van der Waals surface area contributed by atoms with Gasteiger partial charge in [0.05, 0.1) is 10.3 Å². The van der Waals surface area contributed by atoms with Gasteiger partial charge < -0.3 is 4.90 Å². The molecule has 5 nitrogen and oxygen atoms in total. The second-order valence-corrected chi connectivity index (χ2v) is 15.0. The van der Waals surface area contributed by atoms with Crippen molar-refractivity contribution >= 4 is 33.5 Å². The maximum Gasteiger partial charge on any atom is 0.269 e. The maximum atomic E-state index is 11.8. The summed E-state index contributed by atoms with van der Waals surface area (Å²) in [4.78, 5) is 13.9. The second-order valence-electron chi connectivity index (χ2n) is 15.0. The Kier molecular flexibility index (Phi) is 11.6. The molecule has 0 N–H and O–H groups in total. The summed E-state index contributed by atoms with van der Waals surface area (Å²) in [7, 11) is 0. The average Bonchev–Trinajstić information content (AvgIpc) is 3.42. The molecule has 5 heteroatoms. The monoisotopic (exact) mass is 648 g/mol. The number of nitro benzene ring substituents is 1. The van der Waals surface area contributed by atoms with Gasteiger partial charge in [0.25, 0.3) is 5.69 Å². The van der Waals surface area contributed by atoms with Gasteiger partial charge in [-0.05, 0) is 61.2 Å². The van der Waals surface area contributed by atoms with Gasteiger partial charge in [-0.15, -0.1) is 0 Å². The van der Waals surface area contributed by atoms with Crippen molar-refractivity contribution in [3.63, 3.8) is 0 Å². The molecule has 2 aliphatic heterocycles. The normalized spacial score (nSPS) is 17.2. The van der Waals surface area contributed by atoms with Crippen LogP contribution in [-0.4, -0.2) is 28.3 Å². The summed E-state index contributed by atoms with van der Waals surface area (Å²) >= 11 is 0. The van der Waals surface area contributed by atoms with E-state index in [1.54, 1.807) is 12.1 Å². The SMILES string of the molecule is CCCCCCCCN1/C(=C\C=C\C2=[N+](CCCCCCCC)c3ccc4ccccc4c3C2(C)C)C(C)(C)c2cc([N+](=O)[O-])ccc21. The van der Waals surface area contributed by atoms with Crippen LogP contribution in [0.25, 0.3) is 10.8 Å². The number of nitro groups is 1. The fraction of sp³-hybridized carbons (Fsp3) is 0.512. The third-order valence-electron chi connectivity index (χ3n) is 10.8. The molecule has 2 aliphatic rings. The minimum Gasteiger partial charge on any atom is -0.344 e. The van der Waals surface area contributed by atoms with E-state index in [1.807, 2.05) is 6.07 Å². The number of nitrogens with zero attached hydrogens (tertiary/aromatic N) is 3. The third-order valence-corrected chi connectivity index (χ3v) is 10.8. The quantitative estimate of drug-likeness (QED) is 0.0633. The Hall–Kier alpha value is -3.73. The van der Waals surface area contributed by atoms with Crippen LogP contribution in [0.15, 0.2) is 78.5 Å². The molecular formula is C43H58N3O2+. The smallest absolute Gasteiger partial charge is 0.269 e. The number of hydrogen-bond acceptors (Lipinski definition) is 3. The Morgan fingerprint density at radius 2 is 1.46 bits per heavy atom. The number of rotatable bonds is 17. The van der Waals surface area contributed by atoms with Crippen LogP contribution >= 0.6 is 0 Å². The van der Waals surface area contributed by atoms with Crippen LogP contribution in [-0.2, 0) is 10.8 Å². The van der Waals surface area contributed by atoms with Crippen LogP contribution in [0.5, 0.6) is 0 Å². The Labute approximate surface area is 289 Å². The highest BCUT2D eigenvalue weighted by Crippen LogP contribution is 2.49. The molecule has 256 valence electrons.